The van der Waals surface area contributed by atoms with E-state index in [1.54, 1.807) is 0 Å². The summed E-state index contributed by atoms with van der Waals surface area (Å²) in [5.74, 6) is -0.438. The minimum absolute atomic E-state index is 0.208. The predicted octanol–water partition coefficient (Wildman–Crippen LogP) is 18.0. The van der Waals surface area contributed by atoms with Crippen LogP contribution in [0.1, 0.15) is 296 Å². The number of esters is 1. The molecule has 0 aromatic rings. The van der Waals surface area contributed by atoms with Gasteiger partial charge in [0.2, 0.25) is 0 Å². The first-order valence-electron chi connectivity index (χ1n) is 25.8. The minimum Gasteiger partial charge on any atom is -0.453 e. The highest BCUT2D eigenvalue weighted by Gasteiger charge is 2.47. The molecule has 0 spiro atoms. The van der Waals surface area contributed by atoms with Crippen molar-refractivity contribution >= 4 is 5.97 Å². The van der Waals surface area contributed by atoms with Gasteiger partial charge in [0.15, 0.2) is 0 Å². The number of unbranched alkanes of at least 4 members (excludes halogenated alkanes) is 41. The number of aliphatic hydroxyl groups is 1. The van der Waals surface area contributed by atoms with Gasteiger partial charge in [-0.3, -0.25) is 0 Å². The number of cyclic esters (lactones) is 1. The Balaban J connectivity index is 1.64. The van der Waals surface area contributed by atoms with Gasteiger partial charge in [0.05, 0.1) is 5.57 Å². The molecule has 0 amide bonds. The Bertz CT molecular complexity index is 878. The van der Waals surface area contributed by atoms with Gasteiger partial charge in [-0.2, -0.15) is 0 Å². The molecule has 2 unspecified atom stereocenters. The zero-order chi connectivity index (χ0) is 40.5. The highest BCUT2D eigenvalue weighted by molar-refractivity contribution is 5.92. The van der Waals surface area contributed by atoms with Gasteiger partial charge in [0.25, 0.3) is 0 Å². The van der Waals surface area contributed by atoms with Crippen molar-refractivity contribution in [1.82, 2.24) is 0 Å². The average Bonchev–Trinajstić information content (AvgIpc) is 3.39. The Morgan fingerprint density at radius 3 is 0.911 bits per heavy atom. The van der Waals surface area contributed by atoms with Crippen LogP contribution in [-0.2, 0) is 9.53 Å². The Hall–Kier alpha value is -1.09. The number of allylic oxidation sites excluding steroid dienone is 2. The van der Waals surface area contributed by atoms with Crippen LogP contribution in [0.2, 0.25) is 0 Å². The fraction of sp³-hybridized carbons (Fsp3) is 0.906. The monoisotopic (exact) mass is 785 g/mol. The van der Waals surface area contributed by atoms with Crippen LogP contribution in [0, 0.1) is 0 Å². The van der Waals surface area contributed by atoms with Crippen molar-refractivity contribution in [3.63, 3.8) is 0 Å². The van der Waals surface area contributed by atoms with Crippen molar-refractivity contribution in [2.24, 2.45) is 0 Å². The summed E-state index contributed by atoms with van der Waals surface area (Å²) in [6, 6.07) is 0. The zero-order valence-corrected chi connectivity index (χ0v) is 38.3. The first-order valence-corrected chi connectivity index (χ1v) is 25.8. The molecule has 0 aliphatic carbocycles. The van der Waals surface area contributed by atoms with Gasteiger partial charge in [-0.05, 0) is 45.4 Å². The molecular formula is C53H100O3. The van der Waals surface area contributed by atoms with Crippen molar-refractivity contribution < 1.29 is 14.6 Å². The molecule has 1 fully saturated rings. The fourth-order valence-electron chi connectivity index (χ4n) is 8.85. The third-order valence-electron chi connectivity index (χ3n) is 12.9. The molecule has 330 valence electrons. The van der Waals surface area contributed by atoms with Gasteiger partial charge in [-0.15, -0.1) is 0 Å². The van der Waals surface area contributed by atoms with E-state index in [0.717, 1.165) is 19.3 Å². The van der Waals surface area contributed by atoms with E-state index in [9.17, 15) is 9.90 Å². The topological polar surface area (TPSA) is 46.5 Å². The molecule has 1 heterocycles. The Labute approximate surface area is 351 Å². The number of carbonyl (C=O) groups excluding carboxylic acids is 1. The minimum atomic E-state index is -0.850. The number of hydrogen-bond donors (Lipinski definition) is 1. The molecule has 0 radical (unpaired) electrons. The summed E-state index contributed by atoms with van der Waals surface area (Å²) < 4.78 is 5.37. The maximum absolute atomic E-state index is 11.6. The first-order chi connectivity index (χ1) is 27.5. The highest BCUT2D eigenvalue weighted by atomic mass is 16.6. The molecule has 2 atom stereocenters. The predicted molar refractivity (Wildman–Crippen MR) is 248 cm³/mol. The number of ether oxygens (including phenoxy) is 1. The molecule has 0 bridgehead atoms. The van der Waals surface area contributed by atoms with Crippen molar-refractivity contribution in [3.05, 3.63) is 24.3 Å². The number of hydrogen-bond acceptors (Lipinski definition) is 3. The molecule has 1 saturated heterocycles. The summed E-state index contributed by atoms with van der Waals surface area (Å²) in [7, 11) is 0. The molecule has 0 saturated carbocycles. The van der Waals surface area contributed by atoms with E-state index >= 15 is 0 Å². The lowest BCUT2D eigenvalue weighted by atomic mass is 9.90. The standard InChI is InChI=1S/C53H100O3/c1-4-5-6-7-8-9-10-11-12-13-14-15-16-17-18-19-20-21-22-23-24-25-26-27-28-29-30-31-32-33-34-35-36-37-38-39-40-41-42-43-44-45-46-47-48-49-53(3)51(54)50(2)52(55)56-53/h13-14,51,54H,2,4-12,15-49H2,1,3H3. The number of aliphatic hydroxyl groups excluding tert-OH is 1. The summed E-state index contributed by atoms with van der Waals surface area (Å²) in [6.45, 7) is 7.78. The summed E-state index contributed by atoms with van der Waals surface area (Å²) in [5.41, 5.74) is -0.559. The van der Waals surface area contributed by atoms with Crippen LogP contribution in [-0.4, -0.2) is 22.8 Å². The molecule has 56 heavy (non-hydrogen) atoms. The van der Waals surface area contributed by atoms with E-state index in [2.05, 4.69) is 25.7 Å². The van der Waals surface area contributed by atoms with Crippen LogP contribution in [0.25, 0.3) is 0 Å². The Morgan fingerprint density at radius 1 is 0.446 bits per heavy atom. The van der Waals surface area contributed by atoms with E-state index in [4.69, 9.17) is 4.74 Å². The quantitative estimate of drug-likeness (QED) is 0.0289. The van der Waals surface area contributed by atoms with Gasteiger partial charge in [0, 0.05) is 0 Å². The third-order valence-corrected chi connectivity index (χ3v) is 12.9. The van der Waals surface area contributed by atoms with Gasteiger partial charge in [-0.1, -0.05) is 270 Å². The molecule has 1 aliphatic rings. The Kier molecular flexibility index (Phi) is 38.4. The summed E-state index contributed by atoms with van der Waals surface area (Å²) in [6.07, 6.45) is 65.4. The molecule has 1 rings (SSSR count). The SMILES string of the molecule is C=C1C(=O)OC(C)(CCCCCCCCCCCCCCCCCCCCCCCCCCCCCCCCCCCC=CCCCCCCCCCC)C1O. The highest BCUT2D eigenvalue weighted by Crippen LogP contribution is 2.34. The van der Waals surface area contributed by atoms with E-state index in [1.165, 1.54) is 263 Å². The Morgan fingerprint density at radius 2 is 0.679 bits per heavy atom. The fourth-order valence-corrected chi connectivity index (χ4v) is 8.85. The zero-order valence-electron chi connectivity index (χ0n) is 38.3. The third kappa shape index (κ3) is 32.8. The average molecular weight is 785 g/mol. The lowest BCUT2D eigenvalue weighted by Gasteiger charge is -2.25. The van der Waals surface area contributed by atoms with E-state index in [-0.39, 0.29) is 5.57 Å². The lowest BCUT2D eigenvalue weighted by molar-refractivity contribution is -0.149. The van der Waals surface area contributed by atoms with E-state index < -0.39 is 17.7 Å². The molecule has 1 N–H and O–H groups in total. The van der Waals surface area contributed by atoms with Crippen LogP contribution in [0.4, 0.5) is 0 Å². The van der Waals surface area contributed by atoms with Crippen LogP contribution in [0.5, 0.6) is 0 Å². The van der Waals surface area contributed by atoms with Crippen molar-refractivity contribution in [2.75, 3.05) is 0 Å². The molecule has 0 aromatic heterocycles. The van der Waals surface area contributed by atoms with Gasteiger partial charge < -0.3 is 9.84 Å². The number of carbonyl (C=O) groups is 1. The molecule has 0 aromatic carbocycles. The van der Waals surface area contributed by atoms with Crippen LogP contribution in [0.3, 0.4) is 0 Å². The van der Waals surface area contributed by atoms with Crippen LogP contribution >= 0.6 is 0 Å². The van der Waals surface area contributed by atoms with E-state index in [0.29, 0.717) is 0 Å². The van der Waals surface area contributed by atoms with Crippen molar-refractivity contribution in [3.8, 4) is 0 Å². The first kappa shape index (κ1) is 52.9. The number of rotatable bonds is 45. The molecule has 1 aliphatic heterocycles. The second-order valence-corrected chi connectivity index (χ2v) is 18.6. The van der Waals surface area contributed by atoms with Gasteiger partial charge >= 0.3 is 5.97 Å². The summed E-state index contributed by atoms with van der Waals surface area (Å²) in [5, 5.41) is 10.2. The van der Waals surface area contributed by atoms with Crippen LogP contribution in [0.15, 0.2) is 24.3 Å². The second kappa shape index (κ2) is 40.7. The summed E-state index contributed by atoms with van der Waals surface area (Å²) >= 11 is 0. The smallest absolute Gasteiger partial charge is 0.336 e. The van der Waals surface area contributed by atoms with Crippen molar-refractivity contribution in [2.45, 2.75) is 308 Å². The maximum atomic E-state index is 11.6. The maximum Gasteiger partial charge on any atom is 0.336 e. The van der Waals surface area contributed by atoms with E-state index in [1.807, 2.05) is 6.92 Å². The lowest BCUT2D eigenvalue weighted by Crippen LogP contribution is -2.36. The molecule has 3 heteroatoms. The second-order valence-electron chi connectivity index (χ2n) is 18.6. The normalized spacial score (nSPS) is 17.2. The van der Waals surface area contributed by atoms with Gasteiger partial charge in [-0.25, -0.2) is 4.79 Å². The largest absolute Gasteiger partial charge is 0.453 e. The van der Waals surface area contributed by atoms with Crippen molar-refractivity contribution in [1.29, 1.82) is 0 Å². The molecule has 3 nitrogen and oxygen atoms in total. The molecular weight excluding hydrogens is 685 g/mol. The van der Waals surface area contributed by atoms with Crippen LogP contribution < -0.4 is 0 Å². The van der Waals surface area contributed by atoms with Gasteiger partial charge in [0.1, 0.15) is 11.7 Å². The summed E-state index contributed by atoms with van der Waals surface area (Å²) in [4.78, 5) is 11.6.